The molecule has 8 heteroatoms. The number of nitrogens with one attached hydrogen (secondary N) is 2. The average Bonchev–Trinajstić information content (AvgIpc) is 3.51. The second-order valence-corrected chi connectivity index (χ2v) is 8.64. The van der Waals surface area contributed by atoms with E-state index in [-0.39, 0.29) is 0 Å². The molecule has 1 saturated heterocycles. The SMILES string of the molecule is CC[C@H](c1nnnn1Cc1ccc2c(c1)OCO2)[NH+]1CC[NH+](C2CCCC2)CC1. The van der Waals surface area contributed by atoms with Gasteiger partial charge in [0.1, 0.15) is 32.2 Å². The van der Waals surface area contributed by atoms with Gasteiger partial charge in [-0.3, -0.25) is 0 Å². The predicted octanol–water partition coefficient (Wildman–Crippen LogP) is -0.373. The van der Waals surface area contributed by atoms with E-state index in [1.807, 2.05) is 21.7 Å². The highest BCUT2D eigenvalue weighted by Crippen LogP contribution is 2.32. The molecule has 1 aromatic carbocycles. The van der Waals surface area contributed by atoms with Gasteiger partial charge < -0.3 is 19.3 Å². The molecule has 0 spiro atoms. The standard InChI is InChI=1S/C21H30N6O2/c1-2-18(26-11-9-25(10-12-26)17-5-3-4-6-17)21-22-23-24-27(21)14-16-7-8-19-20(13-16)29-15-28-19/h7-8,13,17-18H,2-6,9-12,14-15H2,1H3/p+2/t18-/m1/s1. The summed E-state index contributed by atoms with van der Waals surface area (Å²) in [7, 11) is 0. The number of tetrazole rings is 1. The molecule has 1 aromatic heterocycles. The maximum absolute atomic E-state index is 5.51. The van der Waals surface area contributed by atoms with Gasteiger partial charge in [0.05, 0.1) is 12.6 Å². The first-order chi connectivity index (χ1) is 14.3. The van der Waals surface area contributed by atoms with Gasteiger partial charge in [-0.15, -0.1) is 5.10 Å². The van der Waals surface area contributed by atoms with Crippen molar-refractivity contribution < 1.29 is 19.3 Å². The van der Waals surface area contributed by atoms with Crippen molar-refractivity contribution in [2.45, 2.75) is 57.7 Å². The number of aromatic nitrogens is 4. The summed E-state index contributed by atoms with van der Waals surface area (Å²) in [5, 5.41) is 12.8. The molecule has 1 atom stereocenters. The van der Waals surface area contributed by atoms with Gasteiger partial charge in [0.25, 0.3) is 0 Å². The van der Waals surface area contributed by atoms with Crippen LogP contribution in [0.15, 0.2) is 18.2 Å². The number of benzene rings is 1. The summed E-state index contributed by atoms with van der Waals surface area (Å²) in [5.41, 5.74) is 1.13. The third kappa shape index (κ3) is 3.83. The summed E-state index contributed by atoms with van der Waals surface area (Å²) in [4.78, 5) is 3.47. The van der Waals surface area contributed by atoms with Crippen LogP contribution in [0.3, 0.4) is 0 Å². The van der Waals surface area contributed by atoms with Crippen molar-refractivity contribution in [3.05, 3.63) is 29.6 Å². The summed E-state index contributed by atoms with van der Waals surface area (Å²) in [5.74, 6) is 2.62. The molecule has 8 nitrogen and oxygen atoms in total. The largest absolute Gasteiger partial charge is 0.454 e. The zero-order valence-electron chi connectivity index (χ0n) is 17.3. The number of hydrogen-bond donors (Lipinski definition) is 2. The number of fused-ring (bicyclic) bond motifs is 1. The number of ether oxygens (including phenoxy) is 2. The van der Waals surface area contributed by atoms with E-state index >= 15 is 0 Å². The summed E-state index contributed by atoms with van der Waals surface area (Å²) in [6.45, 7) is 8.18. The molecule has 0 unspecified atom stereocenters. The Morgan fingerprint density at radius 3 is 2.69 bits per heavy atom. The van der Waals surface area contributed by atoms with Gasteiger partial charge in [-0.1, -0.05) is 13.0 Å². The van der Waals surface area contributed by atoms with Crippen LogP contribution in [0.25, 0.3) is 0 Å². The van der Waals surface area contributed by atoms with E-state index in [2.05, 4.69) is 28.5 Å². The molecule has 2 N–H and O–H groups in total. The molecule has 29 heavy (non-hydrogen) atoms. The molecule has 2 aliphatic heterocycles. The van der Waals surface area contributed by atoms with Crippen LogP contribution in [0.2, 0.25) is 0 Å². The number of hydrogen-bond acceptors (Lipinski definition) is 5. The second kappa shape index (κ2) is 8.28. The molecule has 1 saturated carbocycles. The smallest absolute Gasteiger partial charge is 0.231 e. The van der Waals surface area contributed by atoms with Crippen molar-refractivity contribution in [1.29, 1.82) is 0 Å². The number of quaternary nitrogens is 2. The van der Waals surface area contributed by atoms with Crippen LogP contribution < -0.4 is 19.3 Å². The minimum absolute atomic E-state index is 0.297. The number of nitrogens with zero attached hydrogens (tertiary/aromatic N) is 4. The van der Waals surface area contributed by atoms with Crippen molar-refractivity contribution in [2.24, 2.45) is 0 Å². The highest BCUT2D eigenvalue weighted by molar-refractivity contribution is 5.44. The first-order valence-electron chi connectivity index (χ1n) is 11.2. The van der Waals surface area contributed by atoms with Gasteiger partial charge in [-0.2, -0.15) is 0 Å². The van der Waals surface area contributed by atoms with Crippen LogP contribution >= 0.6 is 0 Å². The van der Waals surface area contributed by atoms with Crippen molar-refractivity contribution in [2.75, 3.05) is 33.0 Å². The van der Waals surface area contributed by atoms with Gasteiger partial charge in [0.15, 0.2) is 11.5 Å². The van der Waals surface area contributed by atoms with Crippen molar-refractivity contribution >= 4 is 0 Å². The summed E-state index contributed by atoms with van der Waals surface area (Å²) in [6.07, 6.45) is 6.76. The maximum atomic E-state index is 5.51. The first-order valence-corrected chi connectivity index (χ1v) is 11.2. The molecular formula is C21H32N6O2+2. The Bertz CT molecular complexity index is 826. The Kier molecular flexibility index (Phi) is 5.37. The summed E-state index contributed by atoms with van der Waals surface area (Å²) < 4.78 is 12.9. The van der Waals surface area contributed by atoms with E-state index in [9.17, 15) is 0 Å². The second-order valence-electron chi connectivity index (χ2n) is 8.64. The van der Waals surface area contributed by atoms with Crippen LogP contribution in [0, 0.1) is 0 Å². The van der Waals surface area contributed by atoms with E-state index in [1.165, 1.54) is 51.9 Å². The van der Waals surface area contributed by atoms with Crippen LogP contribution in [0.5, 0.6) is 11.5 Å². The van der Waals surface area contributed by atoms with Crippen molar-refractivity contribution in [3.8, 4) is 11.5 Å². The summed E-state index contributed by atoms with van der Waals surface area (Å²) in [6, 6.07) is 7.33. The Labute approximate surface area is 171 Å². The van der Waals surface area contributed by atoms with Crippen LogP contribution in [-0.2, 0) is 6.54 Å². The monoisotopic (exact) mass is 400 g/mol. The zero-order valence-corrected chi connectivity index (χ0v) is 17.3. The molecule has 3 heterocycles. The minimum atomic E-state index is 0.297. The topological polar surface area (TPSA) is 70.9 Å². The Hall–Kier alpha value is -2.19. The van der Waals surface area contributed by atoms with Crippen molar-refractivity contribution in [3.63, 3.8) is 0 Å². The van der Waals surface area contributed by atoms with E-state index in [0.717, 1.165) is 35.3 Å². The molecular weight excluding hydrogens is 368 g/mol. The molecule has 2 aromatic rings. The first kappa shape index (κ1) is 18.8. The lowest BCUT2D eigenvalue weighted by molar-refractivity contribution is -1.04. The van der Waals surface area contributed by atoms with E-state index < -0.39 is 0 Å². The third-order valence-electron chi connectivity index (χ3n) is 7.01. The lowest BCUT2D eigenvalue weighted by atomic mass is 10.1. The fraction of sp³-hybridized carbons (Fsp3) is 0.667. The highest BCUT2D eigenvalue weighted by Gasteiger charge is 2.36. The third-order valence-corrected chi connectivity index (χ3v) is 7.01. The van der Waals surface area contributed by atoms with Gasteiger partial charge in [-0.05, 0) is 53.8 Å². The van der Waals surface area contributed by atoms with Crippen LogP contribution in [-0.4, -0.2) is 59.2 Å². The van der Waals surface area contributed by atoms with Gasteiger partial charge in [0.2, 0.25) is 12.6 Å². The molecule has 3 aliphatic rings. The molecule has 5 rings (SSSR count). The quantitative estimate of drug-likeness (QED) is 0.692. The molecule has 1 aliphatic carbocycles. The molecule has 0 bridgehead atoms. The van der Waals surface area contributed by atoms with E-state index in [4.69, 9.17) is 9.47 Å². The van der Waals surface area contributed by atoms with Gasteiger partial charge >= 0.3 is 0 Å². The average molecular weight is 401 g/mol. The lowest BCUT2D eigenvalue weighted by Crippen LogP contribution is -3.29. The van der Waals surface area contributed by atoms with Crippen LogP contribution in [0.1, 0.15) is 56.5 Å². The van der Waals surface area contributed by atoms with Gasteiger partial charge in [0, 0.05) is 6.42 Å². The Morgan fingerprint density at radius 2 is 1.90 bits per heavy atom. The Morgan fingerprint density at radius 1 is 1.10 bits per heavy atom. The van der Waals surface area contributed by atoms with E-state index in [0.29, 0.717) is 19.4 Å². The van der Waals surface area contributed by atoms with E-state index in [1.54, 1.807) is 4.90 Å². The highest BCUT2D eigenvalue weighted by atomic mass is 16.7. The number of rotatable bonds is 6. The van der Waals surface area contributed by atoms with Crippen LogP contribution in [0.4, 0.5) is 0 Å². The molecule has 2 fully saturated rings. The minimum Gasteiger partial charge on any atom is -0.454 e. The van der Waals surface area contributed by atoms with Crippen molar-refractivity contribution in [1.82, 2.24) is 20.2 Å². The number of piperazine rings is 1. The fourth-order valence-corrected chi connectivity index (χ4v) is 5.42. The molecule has 0 amide bonds. The molecule has 0 radical (unpaired) electrons. The van der Waals surface area contributed by atoms with Gasteiger partial charge in [-0.25, -0.2) is 4.68 Å². The normalized spacial score (nSPS) is 25.4. The Balaban J connectivity index is 1.27. The molecule has 156 valence electrons. The predicted molar refractivity (Wildman–Crippen MR) is 106 cm³/mol. The zero-order chi connectivity index (χ0) is 19.6. The summed E-state index contributed by atoms with van der Waals surface area (Å²) >= 11 is 0. The maximum Gasteiger partial charge on any atom is 0.231 e. The lowest BCUT2D eigenvalue weighted by Gasteiger charge is -2.36. The fourth-order valence-electron chi connectivity index (χ4n) is 5.42.